The second-order valence-electron chi connectivity index (χ2n) is 9.40. The number of nitrogens with zero attached hydrogens (tertiary/aromatic N) is 2. The molecule has 5 aromatic rings. The molecule has 2 heteroatoms. The lowest BCUT2D eigenvalue weighted by Gasteiger charge is -2.18. The first-order chi connectivity index (χ1) is 16.6. The predicted octanol–water partition coefficient (Wildman–Crippen LogP) is 9.14. The van der Waals surface area contributed by atoms with Gasteiger partial charge in [-0.05, 0) is 59.1 Å². The standard InChI is InChI=1S/C32H32N2/c1-5-21(3)29-19-27(23-13-9-7-10-14-23)25-17-18-26-28(24-15-11-8-12-16-24)20-30(22(4)6-2)34-32(26)31(25)33-29/h7-22H,5-6H2,1-4H3. The van der Waals surface area contributed by atoms with Crippen LogP contribution in [-0.4, -0.2) is 9.97 Å². The molecule has 2 aromatic heterocycles. The Hall–Kier alpha value is -3.52. The van der Waals surface area contributed by atoms with Gasteiger partial charge in [0.05, 0.1) is 11.0 Å². The van der Waals surface area contributed by atoms with Gasteiger partial charge in [0.1, 0.15) is 0 Å². The lowest BCUT2D eigenvalue weighted by Crippen LogP contribution is -2.02. The molecule has 0 bridgehead atoms. The molecule has 2 heterocycles. The van der Waals surface area contributed by atoms with E-state index in [0.29, 0.717) is 11.8 Å². The first kappa shape index (κ1) is 22.3. The zero-order chi connectivity index (χ0) is 23.7. The van der Waals surface area contributed by atoms with E-state index in [1.165, 1.54) is 33.0 Å². The molecule has 34 heavy (non-hydrogen) atoms. The third kappa shape index (κ3) is 3.98. The third-order valence-electron chi connectivity index (χ3n) is 7.20. The number of rotatable bonds is 6. The van der Waals surface area contributed by atoms with E-state index in [4.69, 9.17) is 9.97 Å². The molecular weight excluding hydrogens is 412 g/mol. The van der Waals surface area contributed by atoms with Gasteiger partial charge in [0.15, 0.2) is 0 Å². The Morgan fingerprint density at radius 1 is 0.559 bits per heavy atom. The van der Waals surface area contributed by atoms with Gasteiger partial charge in [-0.3, -0.25) is 9.97 Å². The first-order valence-electron chi connectivity index (χ1n) is 12.5. The van der Waals surface area contributed by atoms with Crippen LogP contribution in [0.3, 0.4) is 0 Å². The Morgan fingerprint density at radius 2 is 0.941 bits per heavy atom. The van der Waals surface area contributed by atoms with Crippen molar-refractivity contribution in [3.8, 4) is 22.3 Å². The molecule has 0 spiro atoms. The van der Waals surface area contributed by atoms with E-state index in [2.05, 4.69) is 113 Å². The van der Waals surface area contributed by atoms with Crippen LogP contribution < -0.4 is 0 Å². The van der Waals surface area contributed by atoms with Gasteiger partial charge in [-0.1, -0.05) is 100 Å². The molecule has 170 valence electrons. The Balaban J connectivity index is 1.91. The minimum atomic E-state index is 0.383. The Labute approximate surface area is 202 Å². The topological polar surface area (TPSA) is 25.8 Å². The minimum absolute atomic E-state index is 0.383. The maximum atomic E-state index is 5.26. The van der Waals surface area contributed by atoms with Crippen LogP contribution in [0.15, 0.2) is 84.9 Å². The van der Waals surface area contributed by atoms with Gasteiger partial charge < -0.3 is 0 Å². The van der Waals surface area contributed by atoms with Crippen LogP contribution in [0.2, 0.25) is 0 Å². The summed E-state index contributed by atoms with van der Waals surface area (Å²) in [7, 11) is 0. The van der Waals surface area contributed by atoms with Crippen LogP contribution in [0.5, 0.6) is 0 Å². The average Bonchev–Trinajstić information content (AvgIpc) is 2.91. The lowest BCUT2D eigenvalue weighted by molar-refractivity contribution is 0.710. The van der Waals surface area contributed by atoms with E-state index in [0.717, 1.165) is 35.3 Å². The highest BCUT2D eigenvalue weighted by atomic mass is 14.8. The van der Waals surface area contributed by atoms with Crippen molar-refractivity contribution in [1.29, 1.82) is 0 Å². The van der Waals surface area contributed by atoms with E-state index in [1.807, 2.05) is 0 Å². The van der Waals surface area contributed by atoms with E-state index >= 15 is 0 Å². The SMILES string of the molecule is CCC(C)c1cc(-c2ccccc2)c2ccc3c(-c4ccccc4)cc(C(C)CC)nc3c2n1. The number of benzene rings is 3. The second-order valence-corrected chi connectivity index (χ2v) is 9.40. The highest BCUT2D eigenvalue weighted by Gasteiger charge is 2.18. The van der Waals surface area contributed by atoms with Crippen LogP contribution in [0.4, 0.5) is 0 Å². The van der Waals surface area contributed by atoms with Gasteiger partial charge >= 0.3 is 0 Å². The smallest absolute Gasteiger partial charge is 0.0974 e. The molecule has 0 N–H and O–H groups in total. The fraction of sp³-hybridized carbons (Fsp3) is 0.250. The highest BCUT2D eigenvalue weighted by Crippen LogP contribution is 2.38. The molecule has 3 aromatic carbocycles. The van der Waals surface area contributed by atoms with Crippen molar-refractivity contribution in [3.05, 3.63) is 96.3 Å². The van der Waals surface area contributed by atoms with Gasteiger partial charge in [-0.15, -0.1) is 0 Å². The van der Waals surface area contributed by atoms with Crippen LogP contribution in [0, 0.1) is 0 Å². The monoisotopic (exact) mass is 444 g/mol. The summed E-state index contributed by atoms with van der Waals surface area (Å²) in [4.78, 5) is 10.5. The van der Waals surface area contributed by atoms with E-state index in [1.54, 1.807) is 0 Å². The Bertz CT molecular complexity index is 1330. The number of aromatic nitrogens is 2. The average molecular weight is 445 g/mol. The molecule has 0 aliphatic heterocycles. The summed E-state index contributed by atoms with van der Waals surface area (Å²) in [5.74, 6) is 0.766. The predicted molar refractivity (Wildman–Crippen MR) is 145 cm³/mol. The quantitative estimate of drug-likeness (QED) is 0.244. The Morgan fingerprint density at radius 3 is 1.29 bits per heavy atom. The summed E-state index contributed by atoms with van der Waals surface area (Å²) in [6, 6.07) is 30.4. The molecule has 2 nitrogen and oxygen atoms in total. The van der Waals surface area contributed by atoms with Crippen molar-refractivity contribution in [3.63, 3.8) is 0 Å². The molecule has 2 atom stereocenters. The van der Waals surface area contributed by atoms with Gasteiger partial charge in [0.2, 0.25) is 0 Å². The summed E-state index contributed by atoms with van der Waals surface area (Å²) in [5.41, 5.74) is 9.21. The molecule has 0 fully saturated rings. The fourth-order valence-corrected chi connectivity index (χ4v) is 4.65. The van der Waals surface area contributed by atoms with Gasteiger partial charge in [-0.25, -0.2) is 0 Å². The van der Waals surface area contributed by atoms with E-state index in [9.17, 15) is 0 Å². The van der Waals surface area contributed by atoms with Crippen molar-refractivity contribution in [1.82, 2.24) is 9.97 Å². The normalized spacial score (nSPS) is 13.3. The molecule has 0 aliphatic rings. The van der Waals surface area contributed by atoms with Crippen LogP contribution >= 0.6 is 0 Å². The summed E-state index contributed by atoms with van der Waals surface area (Å²) >= 11 is 0. The maximum absolute atomic E-state index is 5.26. The first-order valence-corrected chi connectivity index (χ1v) is 12.5. The van der Waals surface area contributed by atoms with E-state index in [-0.39, 0.29) is 0 Å². The summed E-state index contributed by atoms with van der Waals surface area (Å²) in [6.45, 7) is 8.99. The molecule has 5 rings (SSSR count). The minimum Gasteiger partial charge on any atom is -0.250 e. The second kappa shape index (κ2) is 9.38. The van der Waals surface area contributed by atoms with Crippen molar-refractivity contribution in [2.75, 3.05) is 0 Å². The summed E-state index contributed by atoms with van der Waals surface area (Å²) in [6.07, 6.45) is 2.11. The van der Waals surface area contributed by atoms with E-state index < -0.39 is 0 Å². The molecular formula is C32H32N2. The number of fused-ring (bicyclic) bond motifs is 3. The van der Waals surface area contributed by atoms with Gasteiger partial charge in [0, 0.05) is 22.2 Å². The van der Waals surface area contributed by atoms with Crippen molar-refractivity contribution in [2.45, 2.75) is 52.4 Å². The maximum Gasteiger partial charge on any atom is 0.0974 e. The Kier molecular flexibility index (Phi) is 6.15. The summed E-state index contributed by atoms with van der Waals surface area (Å²) in [5, 5.41) is 2.33. The van der Waals surface area contributed by atoms with Crippen LogP contribution in [0.1, 0.15) is 63.8 Å². The number of hydrogen-bond donors (Lipinski definition) is 0. The number of hydrogen-bond acceptors (Lipinski definition) is 2. The molecule has 0 radical (unpaired) electrons. The third-order valence-corrected chi connectivity index (χ3v) is 7.20. The van der Waals surface area contributed by atoms with Gasteiger partial charge in [0.25, 0.3) is 0 Å². The number of pyridine rings is 2. The highest BCUT2D eigenvalue weighted by molar-refractivity contribution is 6.12. The van der Waals surface area contributed by atoms with Crippen LogP contribution in [0.25, 0.3) is 44.1 Å². The van der Waals surface area contributed by atoms with Crippen LogP contribution in [-0.2, 0) is 0 Å². The molecule has 0 saturated heterocycles. The van der Waals surface area contributed by atoms with Crippen molar-refractivity contribution < 1.29 is 0 Å². The molecule has 0 saturated carbocycles. The van der Waals surface area contributed by atoms with Crippen molar-refractivity contribution >= 4 is 21.8 Å². The van der Waals surface area contributed by atoms with Crippen molar-refractivity contribution in [2.24, 2.45) is 0 Å². The van der Waals surface area contributed by atoms with Gasteiger partial charge in [-0.2, -0.15) is 0 Å². The zero-order valence-electron chi connectivity index (χ0n) is 20.5. The zero-order valence-corrected chi connectivity index (χ0v) is 20.5. The molecule has 2 unspecified atom stereocenters. The fourth-order valence-electron chi connectivity index (χ4n) is 4.65. The summed E-state index contributed by atoms with van der Waals surface area (Å²) < 4.78 is 0. The molecule has 0 amide bonds. The largest absolute Gasteiger partial charge is 0.250 e. The molecule has 0 aliphatic carbocycles. The lowest BCUT2D eigenvalue weighted by atomic mass is 9.92.